The molecule has 36 heavy (non-hydrogen) atoms. The number of thiophene rings is 1. The summed E-state index contributed by atoms with van der Waals surface area (Å²) < 4.78 is 47.7. The van der Waals surface area contributed by atoms with Crippen molar-refractivity contribution in [2.45, 2.75) is 38.7 Å². The molecule has 1 aromatic carbocycles. The maximum absolute atomic E-state index is 13.1. The monoisotopic (exact) mass is 526 g/mol. The van der Waals surface area contributed by atoms with Crippen molar-refractivity contribution in [2.75, 3.05) is 13.1 Å². The van der Waals surface area contributed by atoms with Gasteiger partial charge in [-0.25, -0.2) is 13.9 Å². The topological polar surface area (TPSA) is 97.4 Å². The van der Waals surface area contributed by atoms with E-state index in [1.807, 2.05) is 0 Å². The van der Waals surface area contributed by atoms with Crippen LogP contribution in [0.25, 0.3) is 0 Å². The van der Waals surface area contributed by atoms with Gasteiger partial charge < -0.3 is 5.11 Å². The molecular formula is C23H22F4N4O4S. The highest BCUT2D eigenvalue weighted by molar-refractivity contribution is 7.07. The Labute approximate surface area is 206 Å². The third-order valence-corrected chi connectivity index (χ3v) is 6.96. The first-order valence-corrected chi connectivity index (χ1v) is 11.9. The van der Waals surface area contributed by atoms with Crippen LogP contribution >= 0.6 is 11.3 Å². The highest BCUT2D eigenvalue weighted by Gasteiger charge is 2.44. The normalized spacial score (nSPS) is 19.2. The Hall–Kier alpha value is -3.32. The van der Waals surface area contributed by atoms with Crippen LogP contribution in [-0.2, 0) is 30.8 Å². The number of nitrogens with zero attached hydrogens (tertiary/aromatic N) is 4. The summed E-state index contributed by atoms with van der Waals surface area (Å²) in [5, 5.41) is 15.9. The van der Waals surface area contributed by atoms with Gasteiger partial charge in [-0.15, -0.1) is 0 Å². The summed E-state index contributed by atoms with van der Waals surface area (Å²) >= 11 is 1.70. The quantitative estimate of drug-likeness (QED) is 0.415. The van der Waals surface area contributed by atoms with Crippen molar-refractivity contribution < 1.29 is 27.5 Å². The summed E-state index contributed by atoms with van der Waals surface area (Å²) in [7, 11) is 0. The molecule has 5 rings (SSSR count). The van der Waals surface area contributed by atoms with Crippen LogP contribution in [0, 0.1) is 11.2 Å². The van der Waals surface area contributed by atoms with Crippen LogP contribution in [0.4, 0.5) is 17.6 Å². The van der Waals surface area contributed by atoms with Crippen molar-refractivity contribution in [3.05, 3.63) is 84.6 Å². The van der Waals surface area contributed by atoms with Gasteiger partial charge in [0.15, 0.2) is 0 Å². The zero-order chi connectivity index (χ0) is 26.1. The number of carboxylic acid groups (broad SMARTS) is 1. The molecule has 1 fully saturated rings. The maximum atomic E-state index is 13.1. The fourth-order valence-corrected chi connectivity index (χ4v) is 5.21. The molecule has 4 heterocycles. The van der Waals surface area contributed by atoms with E-state index in [2.05, 4.69) is 26.8 Å². The molecule has 0 aliphatic carbocycles. The number of likely N-dealkylation sites (tertiary alicyclic amines) is 1. The Morgan fingerprint density at radius 3 is 2.36 bits per heavy atom. The molecule has 8 nitrogen and oxygen atoms in total. The molecule has 2 aliphatic heterocycles. The van der Waals surface area contributed by atoms with E-state index in [4.69, 9.17) is 9.90 Å². The van der Waals surface area contributed by atoms with Crippen LogP contribution in [0.1, 0.15) is 23.4 Å². The summed E-state index contributed by atoms with van der Waals surface area (Å²) in [5.41, 5.74) is 0.891. The van der Waals surface area contributed by atoms with Crippen LogP contribution in [0.15, 0.2) is 50.7 Å². The number of hydrogen-bond acceptors (Lipinski definition) is 6. The van der Waals surface area contributed by atoms with Gasteiger partial charge in [0.2, 0.25) is 0 Å². The summed E-state index contributed by atoms with van der Waals surface area (Å²) in [5.74, 6) is -2.42. The minimum absolute atomic E-state index is 0.0311. The fraction of sp³-hybridized carbons (Fsp3) is 0.391. The van der Waals surface area contributed by atoms with Crippen LogP contribution in [0.3, 0.4) is 0 Å². The number of aliphatic carboxylic acids is 1. The lowest BCUT2D eigenvalue weighted by Crippen LogP contribution is -2.43. The Bertz CT molecular complexity index is 1350. The predicted molar refractivity (Wildman–Crippen MR) is 122 cm³/mol. The second-order valence-electron chi connectivity index (χ2n) is 8.97. The Kier molecular flexibility index (Phi) is 7.14. The van der Waals surface area contributed by atoms with Gasteiger partial charge in [-0.2, -0.15) is 29.6 Å². The molecule has 0 saturated carbocycles. The SMILES string of the molecule is O=C(O)C(F)(F)F.O=c1c(=O)n2c(nn1Cc1ccc(F)cc1)CC1(CCN(Cc3ccsc3)C1)C2. The lowest BCUT2D eigenvalue weighted by molar-refractivity contribution is -0.192. The van der Waals surface area contributed by atoms with E-state index in [-0.39, 0.29) is 17.8 Å². The molecule has 0 amide bonds. The Balaban J connectivity index is 0.000000384. The lowest BCUT2D eigenvalue weighted by atomic mass is 9.86. The molecule has 3 aromatic rings. The average molecular weight is 527 g/mol. The number of carboxylic acids is 1. The molecule has 1 unspecified atom stereocenters. The fourth-order valence-electron chi connectivity index (χ4n) is 4.55. The lowest BCUT2D eigenvalue weighted by Gasteiger charge is -2.22. The van der Waals surface area contributed by atoms with Gasteiger partial charge in [-0.05, 0) is 53.1 Å². The van der Waals surface area contributed by atoms with Gasteiger partial charge >= 0.3 is 23.3 Å². The molecule has 1 N–H and O–H groups in total. The number of halogens is 4. The van der Waals surface area contributed by atoms with Crippen molar-refractivity contribution in [3.63, 3.8) is 0 Å². The van der Waals surface area contributed by atoms with E-state index >= 15 is 0 Å². The van der Waals surface area contributed by atoms with E-state index in [1.54, 1.807) is 28.0 Å². The van der Waals surface area contributed by atoms with E-state index < -0.39 is 23.3 Å². The zero-order valence-corrected chi connectivity index (χ0v) is 19.7. The Morgan fingerprint density at radius 2 is 1.75 bits per heavy atom. The van der Waals surface area contributed by atoms with Gasteiger partial charge in [0.1, 0.15) is 11.6 Å². The molecular weight excluding hydrogens is 504 g/mol. The second kappa shape index (κ2) is 9.97. The molecule has 13 heteroatoms. The standard InChI is InChI=1S/C21H21FN4O2S.C2HF3O2/c22-17-3-1-15(2-4-17)11-26-20(28)19(27)25-14-21(9-18(25)23-26)6-7-24(13-21)10-16-5-8-29-12-16;3-2(4,5)1(6)7/h1-5,8,12H,6-7,9-11,13-14H2;(H,6,7). The number of aromatic nitrogens is 3. The third kappa shape index (κ3) is 5.73. The molecule has 2 aliphatic rings. The van der Waals surface area contributed by atoms with Crippen LogP contribution < -0.4 is 11.1 Å². The third-order valence-electron chi connectivity index (χ3n) is 6.23. The number of rotatable bonds is 4. The van der Waals surface area contributed by atoms with Crippen LogP contribution in [0.5, 0.6) is 0 Å². The number of fused-ring (bicyclic) bond motifs is 1. The molecule has 192 valence electrons. The smallest absolute Gasteiger partial charge is 0.475 e. The minimum Gasteiger partial charge on any atom is -0.475 e. The maximum Gasteiger partial charge on any atom is 0.490 e. The molecule has 1 atom stereocenters. The van der Waals surface area contributed by atoms with E-state index in [1.165, 1.54) is 22.4 Å². The van der Waals surface area contributed by atoms with Crippen molar-refractivity contribution >= 4 is 17.3 Å². The summed E-state index contributed by atoms with van der Waals surface area (Å²) in [6.45, 7) is 3.53. The number of benzene rings is 1. The van der Waals surface area contributed by atoms with Gasteiger partial charge in [0.25, 0.3) is 0 Å². The van der Waals surface area contributed by atoms with E-state index in [0.29, 0.717) is 18.8 Å². The predicted octanol–water partition coefficient (Wildman–Crippen LogP) is 2.74. The van der Waals surface area contributed by atoms with E-state index in [9.17, 15) is 27.2 Å². The highest BCUT2D eigenvalue weighted by Crippen LogP contribution is 2.39. The van der Waals surface area contributed by atoms with Gasteiger partial charge in [-0.1, -0.05) is 12.1 Å². The first-order chi connectivity index (χ1) is 17.0. The van der Waals surface area contributed by atoms with E-state index in [0.717, 1.165) is 31.6 Å². The zero-order valence-electron chi connectivity index (χ0n) is 18.9. The Morgan fingerprint density at radius 1 is 1.06 bits per heavy atom. The molecule has 0 radical (unpaired) electrons. The van der Waals surface area contributed by atoms with Crippen molar-refractivity contribution in [1.29, 1.82) is 0 Å². The molecule has 2 aromatic heterocycles. The summed E-state index contributed by atoms with van der Waals surface area (Å²) in [6.07, 6.45) is -3.39. The average Bonchev–Trinajstić information content (AvgIpc) is 3.55. The van der Waals surface area contributed by atoms with Gasteiger partial charge in [-0.3, -0.25) is 19.1 Å². The first-order valence-electron chi connectivity index (χ1n) is 10.9. The van der Waals surface area contributed by atoms with Gasteiger partial charge in [0.05, 0.1) is 6.54 Å². The van der Waals surface area contributed by atoms with Gasteiger partial charge in [0, 0.05) is 31.5 Å². The number of carbonyl (C=O) groups is 1. The van der Waals surface area contributed by atoms with Crippen molar-refractivity contribution in [3.8, 4) is 0 Å². The van der Waals surface area contributed by atoms with Crippen LogP contribution in [-0.4, -0.2) is 49.6 Å². The molecule has 1 saturated heterocycles. The highest BCUT2D eigenvalue weighted by atomic mass is 32.1. The number of alkyl halides is 3. The van der Waals surface area contributed by atoms with Crippen molar-refractivity contribution in [2.24, 2.45) is 5.41 Å². The number of hydrogen-bond donors (Lipinski definition) is 1. The first kappa shape index (κ1) is 25.8. The molecule has 1 spiro atoms. The summed E-state index contributed by atoms with van der Waals surface area (Å²) in [6, 6.07) is 8.05. The summed E-state index contributed by atoms with van der Waals surface area (Å²) in [4.78, 5) is 36.6. The minimum atomic E-state index is -5.08. The largest absolute Gasteiger partial charge is 0.490 e. The van der Waals surface area contributed by atoms with Crippen LogP contribution in [0.2, 0.25) is 0 Å². The van der Waals surface area contributed by atoms with Crippen molar-refractivity contribution in [1.82, 2.24) is 19.2 Å². The molecule has 0 bridgehead atoms. The second-order valence-corrected chi connectivity index (χ2v) is 9.75.